The molecule has 1 N–H and O–H groups in total. The van der Waals surface area contributed by atoms with Gasteiger partial charge in [0, 0.05) is 12.0 Å². The Hall–Kier alpha value is -2.79. The Balaban J connectivity index is 1.50. The molecule has 0 radical (unpaired) electrons. The lowest BCUT2D eigenvalue weighted by Gasteiger charge is -2.11. The summed E-state index contributed by atoms with van der Waals surface area (Å²) in [6, 6.07) is 17.2. The molecule has 5 nitrogen and oxygen atoms in total. The van der Waals surface area contributed by atoms with E-state index in [0.29, 0.717) is 22.5 Å². The smallest absolute Gasteiger partial charge is 0.263 e. The summed E-state index contributed by atoms with van der Waals surface area (Å²) in [7, 11) is 0. The zero-order valence-electron chi connectivity index (χ0n) is 15.0. The van der Waals surface area contributed by atoms with E-state index in [2.05, 4.69) is 10.4 Å². The third-order valence-corrected chi connectivity index (χ3v) is 4.75. The Morgan fingerprint density at radius 2 is 2.00 bits per heavy atom. The number of para-hydroxylation sites is 1. The number of carbonyl (C=O) groups is 1. The average Bonchev–Trinajstić information content (AvgIpc) is 3.44. The molecule has 1 amide bonds. The lowest BCUT2D eigenvalue weighted by molar-refractivity contribution is -0.118. The van der Waals surface area contributed by atoms with E-state index >= 15 is 0 Å². The zero-order valence-corrected chi connectivity index (χ0v) is 15.7. The molecular weight excluding hydrogens is 362 g/mol. The number of carbonyl (C=O) groups excluding carboxylic acids is 1. The minimum atomic E-state index is -0.257. The lowest BCUT2D eigenvalue weighted by atomic mass is 10.2. The molecule has 0 spiro atoms. The van der Waals surface area contributed by atoms with Crippen LogP contribution in [0.1, 0.15) is 30.0 Å². The Bertz CT molecular complexity index is 965. The van der Waals surface area contributed by atoms with Crippen LogP contribution in [0.2, 0.25) is 5.02 Å². The number of hydrogen-bond donors (Lipinski definition) is 1. The normalized spacial score (nSPS) is 13.4. The molecule has 3 aromatic rings. The SMILES string of the molecule is Cc1ccc(Cl)c(OCC(=O)Nc2cc(C3CC3)nn2-c2ccccc2)c1. The molecule has 2 aromatic carbocycles. The van der Waals surface area contributed by atoms with Crippen molar-refractivity contribution >= 4 is 23.3 Å². The van der Waals surface area contributed by atoms with Gasteiger partial charge in [-0.3, -0.25) is 4.79 Å². The Morgan fingerprint density at radius 1 is 1.22 bits per heavy atom. The van der Waals surface area contributed by atoms with Crippen LogP contribution < -0.4 is 10.1 Å². The number of aromatic nitrogens is 2. The molecule has 6 heteroatoms. The van der Waals surface area contributed by atoms with Crippen LogP contribution in [-0.4, -0.2) is 22.3 Å². The van der Waals surface area contributed by atoms with Crippen LogP contribution >= 0.6 is 11.6 Å². The van der Waals surface area contributed by atoms with Crippen molar-refractivity contribution in [3.63, 3.8) is 0 Å². The largest absolute Gasteiger partial charge is 0.482 e. The van der Waals surface area contributed by atoms with E-state index in [-0.39, 0.29) is 12.5 Å². The van der Waals surface area contributed by atoms with Crippen LogP contribution in [0.15, 0.2) is 54.6 Å². The van der Waals surface area contributed by atoms with Crippen molar-refractivity contribution in [3.05, 3.63) is 70.9 Å². The van der Waals surface area contributed by atoms with Gasteiger partial charge >= 0.3 is 0 Å². The van der Waals surface area contributed by atoms with E-state index in [4.69, 9.17) is 16.3 Å². The number of nitrogens with zero attached hydrogens (tertiary/aromatic N) is 2. The summed E-state index contributed by atoms with van der Waals surface area (Å²) in [4.78, 5) is 12.4. The van der Waals surface area contributed by atoms with Crippen molar-refractivity contribution < 1.29 is 9.53 Å². The topological polar surface area (TPSA) is 56.1 Å². The molecule has 0 saturated heterocycles. The van der Waals surface area contributed by atoms with E-state index in [9.17, 15) is 4.79 Å². The highest BCUT2D eigenvalue weighted by Gasteiger charge is 2.28. The van der Waals surface area contributed by atoms with Crippen molar-refractivity contribution in [1.82, 2.24) is 9.78 Å². The van der Waals surface area contributed by atoms with Gasteiger partial charge in [-0.1, -0.05) is 35.9 Å². The molecular formula is C21H20ClN3O2. The molecule has 138 valence electrons. The number of anilines is 1. The van der Waals surface area contributed by atoms with Gasteiger partial charge in [-0.25, -0.2) is 4.68 Å². The first-order valence-electron chi connectivity index (χ1n) is 8.94. The predicted octanol–water partition coefficient (Wildman–Crippen LogP) is 4.73. The van der Waals surface area contributed by atoms with E-state index in [1.54, 1.807) is 10.7 Å². The molecule has 0 atom stereocenters. The third-order valence-electron chi connectivity index (χ3n) is 4.44. The van der Waals surface area contributed by atoms with Crippen molar-refractivity contribution in [3.8, 4) is 11.4 Å². The molecule has 1 fully saturated rings. The minimum absolute atomic E-state index is 0.123. The lowest BCUT2D eigenvalue weighted by Crippen LogP contribution is -2.22. The Kier molecular flexibility index (Phi) is 4.86. The molecule has 1 heterocycles. The van der Waals surface area contributed by atoms with Gasteiger partial charge in [0.25, 0.3) is 5.91 Å². The van der Waals surface area contributed by atoms with Crippen LogP contribution in [0.5, 0.6) is 5.75 Å². The number of nitrogens with one attached hydrogen (secondary N) is 1. The zero-order chi connectivity index (χ0) is 18.8. The summed E-state index contributed by atoms with van der Waals surface area (Å²) in [5.41, 5.74) is 2.94. The van der Waals surface area contributed by atoms with E-state index in [0.717, 1.165) is 29.8 Å². The number of ether oxygens (including phenoxy) is 1. The number of aryl methyl sites for hydroxylation is 1. The van der Waals surface area contributed by atoms with E-state index in [1.165, 1.54) is 0 Å². The highest BCUT2D eigenvalue weighted by Crippen LogP contribution is 2.40. The fourth-order valence-electron chi connectivity index (χ4n) is 2.88. The van der Waals surface area contributed by atoms with Crippen molar-refractivity contribution in [2.75, 3.05) is 11.9 Å². The molecule has 1 saturated carbocycles. The third kappa shape index (κ3) is 4.14. The van der Waals surface area contributed by atoms with Gasteiger partial charge in [0.05, 0.1) is 16.4 Å². The summed E-state index contributed by atoms with van der Waals surface area (Å²) in [5.74, 6) is 1.38. The van der Waals surface area contributed by atoms with Gasteiger partial charge in [-0.05, 0) is 49.6 Å². The molecule has 0 unspecified atom stereocenters. The predicted molar refractivity (Wildman–Crippen MR) is 106 cm³/mol. The first kappa shape index (κ1) is 17.6. The summed E-state index contributed by atoms with van der Waals surface area (Å²) < 4.78 is 7.36. The van der Waals surface area contributed by atoms with Gasteiger partial charge in [0.15, 0.2) is 6.61 Å². The van der Waals surface area contributed by atoms with Crippen LogP contribution in [0.25, 0.3) is 5.69 Å². The molecule has 1 aliphatic carbocycles. The summed E-state index contributed by atoms with van der Waals surface area (Å²) in [5, 5.41) is 8.07. The summed E-state index contributed by atoms with van der Waals surface area (Å²) in [6.07, 6.45) is 2.29. The number of halogens is 1. The molecule has 0 aliphatic heterocycles. The fourth-order valence-corrected chi connectivity index (χ4v) is 3.05. The van der Waals surface area contributed by atoms with Crippen molar-refractivity contribution in [2.24, 2.45) is 0 Å². The van der Waals surface area contributed by atoms with Crippen LogP contribution in [0.3, 0.4) is 0 Å². The second-order valence-corrected chi connectivity index (χ2v) is 7.15. The fraction of sp³-hybridized carbons (Fsp3) is 0.238. The monoisotopic (exact) mass is 381 g/mol. The van der Waals surface area contributed by atoms with Crippen molar-refractivity contribution in [2.45, 2.75) is 25.7 Å². The van der Waals surface area contributed by atoms with Gasteiger partial charge < -0.3 is 10.1 Å². The number of rotatable bonds is 6. The quantitative estimate of drug-likeness (QED) is 0.671. The van der Waals surface area contributed by atoms with Crippen LogP contribution in [-0.2, 0) is 4.79 Å². The molecule has 1 aliphatic rings. The Labute approximate surface area is 162 Å². The molecule has 4 rings (SSSR count). The second kappa shape index (κ2) is 7.45. The second-order valence-electron chi connectivity index (χ2n) is 6.75. The average molecular weight is 382 g/mol. The van der Waals surface area contributed by atoms with Gasteiger partial charge in [-0.15, -0.1) is 0 Å². The van der Waals surface area contributed by atoms with Gasteiger partial charge in [0.1, 0.15) is 11.6 Å². The van der Waals surface area contributed by atoms with E-state index in [1.807, 2.05) is 55.5 Å². The van der Waals surface area contributed by atoms with E-state index < -0.39 is 0 Å². The van der Waals surface area contributed by atoms with Gasteiger partial charge in [-0.2, -0.15) is 5.10 Å². The van der Waals surface area contributed by atoms with Crippen molar-refractivity contribution in [1.29, 1.82) is 0 Å². The molecule has 0 bridgehead atoms. The highest BCUT2D eigenvalue weighted by molar-refractivity contribution is 6.32. The molecule has 27 heavy (non-hydrogen) atoms. The summed E-state index contributed by atoms with van der Waals surface area (Å²) >= 11 is 6.12. The Morgan fingerprint density at radius 3 is 2.74 bits per heavy atom. The first-order chi connectivity index (χ1) is 13.1. The summed E-state index contributed by atoms with van der Waals surface area (Å²) in [6.45, 7) is 1.82. The number of hydrogen-bond acceptors (Lipinski definition) is 3. The first-order valence-corrected chi connectivity index (χ1v) is 9.32. The number of amides is 1. The number of benzene rings is 2. The van der Waals surface area contributed by atoms with Crippen LogP contribution in [0, 0.1) is 6.92 Å². The standard InChI is InChI=1S/C21H20ClN3O2/c1-14-7-10-17(22)19(11-14)27-13-21(26)23-20-12-18(15-8-9-15)24-25(20)16-5-3-2-4-6-16/h2-7,10-12,15H,8-9,13H2,1H3,(H,23,26). The highest BCUT2D eigenvalue weighted by atomic mass is 35.5. The molecule has 1 aromatic heterocycles. The van der Waals surface area contributed by atoms with Gasteiger partial charge in [0.2, 0.25) is 0 Å². The maximum absolute atomic E-state index is 12.4. The maximum Gasteiger partial charge on any atom is 0.263 e. The minimum Gasteiger partial charge on any atom is -0.482 e. The van der Waals surface area contributed by atoms with Crippen LogP contribution in [0.4, 0.5) is 5.82 Å². The maximum atomic E-state index is 12.4.